The van der Waals surface area contributed by atoms with Gasteiger partial charge in [-0.25, -0.2) is 0 Å². The summed E-state index contributed by atoms with van der Waals surface area (Å²) in [4.78, 5) is 78.6. The van der Waals surface area contributed by atoms with Gasteiger partial charge in [0, 0.05) is 49.8 Å². The zero-order valence-electron chi connectivity index (χ0n) is 37.7. The van der Waals surface area contributed by atoms with E-state index in [1.807, 2.05) is 34.6 Å². The van der Waals surface area contributed by atoms with Gasteiger partial charge in [0.05, 0.1) is 5.56 Å². The van der Waals surface area contributed by atoms with Gasteiger partial charge in [-0.05, 0) is 44.2 Å². The number of carbonyl (C=O) groups is 5. The number of phenols is 4. The molecular weight excluding hydrogens is 777 g/mol. The van der Waals surface area contributed by atoms with Crippen LogP contribution in [0.4, 0.5) is 0 Å². The minimum Gasteiger partial charge on any atom is -0.508 e. The zero-order chi connectivity index (χ0) is 45.1. The number of ether oxygens (including phenoxy) is 2. The fourth-order valence-corrected chi connectivity index (χ4v) is 9.07. The summed E-state index contributed by atoms with van der Waals surface area (Å²) in [6, 6.07) is 5.48. The Morgan fingerprint density at radius 2 is 0.934 bits per heavy atom. The van der Waals surface area contributed by atoms with Crippen LogP contribution in [-0.4, -0.2) is 55.1 Å². The molecule has 0 spiro atoms. The number of Topliss-reactive ketones (excluding diaryl/α,β-unsaturated/α-hetero) is 4. The van der Waals surface area contributed by atoms with Crippen LogP contribution in [0.5, 0.6) is 28.7 Å². The van der Waals surface area contributed by atoms with Gasteiger partial charge >= 0.3 is 5.97 Å². The van der Waals surface area contributed by atoms with Crippen molar-refractivity contribution >= 4 is 29.1 Å². The molecule has 61 heavy (non-hydrogen) atoms. The molecule has 0 radical (unpaired) electrons. The molecule has 2 unspecified atom stereocenters. The van der Waals surface area contributed by atoms with Gasteiger partial charge < -0.3 is 29.9 Å². The summed E-state index contributed by atoms with van der Waals surface area (Å²) in [6.45, 7) is 10.1. The van der Waals surface area contributed by atoms with Gasteiger partial charge in [0.15, 0.2) is 40.0 Å². The molecule has 11 nitrogen and oxygen atoms in total. The van der Waals surface area contributed by atoms with E-state index >= 15 is 19.2 Å². The minimum absolute atomic E-state index is 0.216. The first-order chi connectivity index (χ1) is 29.3. The van der Waals surface area contributed by atoms with Crippen LogP contribution in [0.3, 0.4) is 0 Å². The van der Waals surface area contributed by atoms with E-state index in [1.165, 1.54) is 6.07 Å². The fourth-order valence-electron chi connectivity index (χ4n) is 9.07. The quantitative estimate of drug-likeness (QED) is 0.0245. The van der Waals surface area contributed by atoms with Crippen LogP contribution in [-0.2, 0) is 39.7 Å². The summed E-state index contributed by atoms with van der Waals surface area (Å²) in [5, 5.41) is 45.0. The maximum absolute atomic E-state index is 16.1. The van der Waals surface area contributed by atoms with E-state index in [2.05, 4.69) is 0 Å². The molecule has 2 aromatic carbocycles. The van der Waals surface area contributed by atoms with Crippen molar-refractivity contribution < 1.29 is 53.9 Å². The molecular formula is C50H74O11. The number of rotatable bonds is 31. The second-order valence-corrected chi connectivity index (χ2v) is 17.0. The van der Waals surface area contributed by atoms with E-state index in [-0.39, 0.29) is 56.9 Å². The molecule has 0 amide bonds. The molecule has 3 rings (SSSR count). The van der Waals surface area contributed by atoms with E-state index in [0.29, 0.717) is 44.9 Å². The molecule has 0 bridgehead atoms. The first-order valence-corrected chi connectivity index (χ1v) is 23.4. The highest BCUT2D eigenvalue weighted by Gasteiger charge is 2.82. The summed E-state index contributed by atoms with van der Waals surface area (Å²) >= 11 is 0. The Labute approximate surface area is 364 Å². The largest absolute Gasteiger partial charge is 0.508 e. The molecule has 340 valence electrons. The summed E-state index contributed by atoms with van der Waals surface area (Å²) < 4.78 is 13.6. The van der Waals surface area contributed by atoms with Crippen molar-refractivity contribution in [1.82, 2.24) is 0 Å². The lowest BCUT2D eigenvalue weighted by molar-refractivity contribution is -0.221. The lowest BCUT2D eigenvalue weighted by Crippen LogP contribution is -2.80. The number of hydrogen-bond acceptors (Lipinski definition) is 11. The van der Waals surface area contributed by atoms with E-state index in [9.17, 15) is 25.2 Å². The number of carbonyl (C=O) groups excluding carboxylic acids is 5. The van der Waals surface area contributed by atoms with Gasteiger partial charge in [-0.2, -0.15) is 0 Å². The Morgan fingerprint density at radius 3 is 1.39 bits per heavy atom. The van der Waals surface area contributed by atoms with Gasteiger partial charge in [0.25, 0.3) is 0 Å². The van der Waals surface area contributed by atoms with Crippen LogP contribution in [0.2, 0.25) is 0 Å². The molecule has 1 heterocycles. The fraction of sp³-hybridized carbons (Fsp3) is 0.660. The molecule has 0 fully saturated rings. The molecule has 0 aliphatic carbocycles. The number of fused-ring (bicyclic) bond motifs is 1. The van der Waals surface area contributed by atoms with Gasteiger partial charge in [0.2, 0.25) is 11.2 Å². The van der Waals surface area contributed by atoms with Gasteiger partial charge in [0.1, 0.15) is 17.2 Å². The van der Waals surface area contributed by atoms with Gasteiger partial charge in [-0.15, -0.1) is 0 Å². The molecule has 1 aliphatic rings. The number of benzene rings is 2. The topological polar surface area (TPSA) is 185 Å². The van der Waals surface area contributed by atoms with Crippen molar-refractivity contribution in [3.05, 3.63) is 41.5 Å². The number of aromatic hydroxyl groups is 4. The number of ketones is 4. The first-order valence-electron chi connectivity index (χ1n) is 23.4. The van der Waals surface area contributed by atoms with Crippen molar-refractivity contribution in [1.29, 1.82) is 0 Å². The summed E-state index contributed by atoms with van der Waals surface area (Å²) in [5.41, 5.74) is -9.46. The van der Waals surface area contributed by atoms with Crippen LogP contribution in [0.15, 0.2) is 30.3 Å². The van der Waals surface area contributed by atoms with Crippen molar-refractivity contribution in [2.75, 3.05) is 0 Å². The maximum atomic E-state index is 16.1. The molecule has 2 aromatic rings. The Balaban J connectivity index is 2.76. The van der Waals surface area contributed by atoms with E-state index in [1.54, 1.807) is 0 Å². The van der Waals surface area contributed by atoms with Crippen molar-refractivity contribution in [3.63, 3.8) is 0 Å². The third-order valence-electron chi connectivity index (χ3n) is 12.3. The summed E-state index contributed by atoms with van der Waals surface area (Å²) in [7, 11) is 0. The number of esters is 1. The summed E-state index contributed by atoms with van der Waals surface area (Å²) in [6.07, 6.45) is 11.2. The van der Waals surface area contributed by atoms with Crippen molar-refractivity contribution in [2.45, 2.75) is 212 Å². The molecule has 0 aromatic heterocycles. The Kier molecular flexibility index (Phi) is 20.8. The van der Waals surface area contributed by atoms with Gasteiger partial charge in [-0.1, -0.05) is 137 Å². The third-order valence-corrected chi connectivity index (χ3v) is 12.3. The predicted molar refractivity (Wildman–Crippen MR) is 236 cm³/mol. The first kappa shape index (κ1) is 50.9. The lowest BCUT2D eigenvalue weighted by atomic mass is 9.49. The zero-order valence-corrected chi connectivity index (χ0v) is 37.7. The minimum atomic E-state index is -3.09. The highest BCUT2D eigenvalue weighted by molar-refractivity contribution is 6.22. The average molecular weight is 851 g/mol. The van der Waals surface area contributed by atoms with E-state index in [4.69, 9.17) is 9.47 Å². The Bertz CT molecular complexity index is 1740. The third kappa shape index (κ3) is 11.4. The second-order valence-electron chi connectivity index (χ2n) is 17.0. The van der Waals surface area contributed by atoms with Crippen LogP contribution in [0, 0.1) is 0 Å². The predicted octanol–water partition coefficient (Wildman–Crippen LogP) is 11.4. The molecule has 4 N–H and O–H groups in total. The molecule has 2 atom stereocenters. The van der Waals surface area contributed by atoms with E-state index < -0.39 is 80.0 Å². The number of unbranched alkanes of at least 4 members (excludes halogenated alkanes) is 15. The Morgan fingerprint density at radius 1 is 0.492 bits per heavy atom. The van der Waals surface area contributed by atoms with Crippen LogP contribution >= 0.6 is 0 Å². The summed E-state index contributed by atoms with van der Waals surface area (Å²) in [5.74, 6) is -7.19. The Hall–Kier alpha value is -4.41. The van der Waals surface area contributed by atoms with Crippen molar-refractivity contribution in [2.24, 2.45) is 0 Å². The van der Waals surface area contributed by atoms with Crippen LogP contribution in [0.1, 0.15) is 206 Å². The highest BCUT2D eigenvalue weighted by Crippen LogP contribution is 2.63. The number of hydrogen-bond donors (Lipinski definition) is 4. The SMILES string of the molecule is CCCCCCC(=O)OC1(C(=O)CCCCCC)C(C(=O)CCCCCC)(c2ccc(O)c(O)c2)Oc2cc(O)cc(O)c2C1(C(=O)CCCCCC)C(=O)CCCCCC. The maximum Gasteiger partial charge on any atom is 0.307 e. The second kappa shape index (κ2) is 24.9. The van der Waals surface area contributed by atoms with Crippen LogP contribution in [0.25, 0.3) is 0 Å². The monoisotopic (exact) mass is 851 g/mol. The standard InChI is InChI=1S/C50H74O11/c1-6-11-16-21-26-42(55)48(43(56)27-22-17-12-7-2)47-40(54)34-37(51)35-41(47)60-49(44(57)28-23-18-13-8-3,36-31-32-38(52)39(53)33-36)50(48,45(58)29-24-19-14-9-4)61-46(59)30-25-20-15-10-5/h31-35,51-54H,6-30H2,1-5H3. The normalized spacial score (nSPS) is 17.9. The van der Waals surface area contributed by atoms with E-state index in [0.717, 1.165) is 88.5 Å². The molecule has 1 aliphatic heterocycles. The molecule has 0 saturated carbocycles. The van der Waals surface area contributed by atoms with Gasteiger partial charge in [-0.3, -0.25) is 24.0 Å². The van der Waals surface area contributed by atoms with Crippen LogP contribution < -0.4 is 4.74 Å². The highest BCUT2D eigenvalue weighted by atomic mass is 16.6. The molecule has 11 heteroatoms. The smallest absolute Gasteiger partial charge is 0.307 e. The average Bonchev–Trinajstić information content (AvgIpc) is 3.23. The number of phenolic OH excluding ortho intramolecular Hbond substituents is 4. The lowest BCUT2D eigenvalue weighted by Gasteiger charge is -2.58. The van der Waals surface area contributed by atoms with Crippen molar-refractivity contribution in [3.8, 4) is 28.7 Å². The molecule has 0 saturated heterocycles.